The van der Waals surface area contributed by atoms with Crippen LogP contribution in [0.15, 0.2) is 66.9 Å². The zero-order valence-electron chi connectivity index (χ0n) is 18.2. The summed E-state index contributed by atoms with van der Waals surface area (Å²) in [6.45, 7) is 10.5. The zero-order valence-corrected chi connectivity index (χ0v) is 18.2. The van der Waals surface area contributed by atoms with Gasteiger partial charge >= 0.3 is 0 Å². The molecule has 2 aliphatic rings. The van der Waals surface area contributed by atoms with Crippen LogP contribution in [0.3, 0.4) is 0 Å². The molecular formula is C26H35N3. The highest BCUT2D eigenvalue weighted by Gasteiger charge is 2.29. The Morgan fingerprint density at radius 2 is 1.97 bits per heavy atom. The number of allylic oxidation sites excluding steroid dienone is 9. The van der Waals surface area contributed by atoms with Gasteiger partial charge in [0.25, 0.3) is 0 Å². The van der Waals surface area contributed by atoms with Gasteiger partial charge in [0.2, 0.25) is 0 Å². The van der Waals surface area contributed by atoms with Crippen molar-refractivity contribution in [3.63, 3.8) is 0 Å². The maximum atomic E-state index is 6.35. The number of piperidine rings is 1. The van der Waals surface area contributed by atoms with E-state index in [4.69, 9.17) is 5.73 Å². The van der Waals surface area contributed by atoms with Crippen LogP contribution in [-0.2, 0) is 0 Å². The largest absolute Gasteiger partial charge is 0.398 e. The molecule has 0 radical (unpaired) electrons. The smallest absolute Gasteiger partial charge is 0.0390 e. The van der Waals surface area contributed by atoms with Crippen molar-refractivity contribution in [2.75, 3.05) is 25.9 Å². The second kappa shape index (κ2) is 9.32. The van der Waals surface area contributed by atoms with Gasteiger partial charge in [-0.2, -0.15) is 0 Å². The molecule has 1 aliphatic heterocycles. The van der Waals surface area contributed by atoms with Crippen molar-refractivity contribution in [3.05, 3.63) is 78.1 Å². The fourth-order valence-electron chi connectivity index (χ4n) is 4.16. The van der Waals surface area contributed by atoms with Crippen LogP contribution in [0.25, 0.3) is 11.1 Å². The van der Waals surface area contributed by atoms with Crippen molar-refractivity contribution in [3.8, 4) is 0 Å². The molecule has 0 atom stereocenters. The third-order valence-corrected chi connectivity index (χ3v) is 6.08. The highest BCUT2D eigenvalue weighted by atomic mass is 15.1. The Morgan fingerprint density at radius 3 is 2.59 bits per heavy atom. The quantitative estimate of drug-likeness (QED) is 0.495. The molecule has 0 amide bonds. The van der Waals surface area contributed by atoms with Gasteiger partial charge in [-0.3, -0.25) is 0 Å². The normalized spacial score (nSPS) is 20.3. The monoisotopic (exact) mass is 389 g/mol. The minimum Gasteiger partial charge on any atom is -0.398 e. The fraction of sp³-hybridized carbons (Fsp3) is 0.385. The third-order valence-electron chi connectivity index (χ3n) is 6.08. The molecule has 0 aromatic heterocycles. The molecule has 1 aromatic rings. The fourth-order valence-corrected chi connectivity index (χ4v) is 4.16. The standard InChI is InChI=1S/C26H35N3/c1-5-7-20(8-6-2)22-11-14-25(27)24(19-22)21-9-12-23(13-10-21)28-26(3)15-17-29(4)18-16-26/h5-9,11-12,14,19,28H,1,10,13,15-18,27H2,2-4H3/b8-6-,20-7+. The molecule has 1 aromatic carbocycles. The second-order valence-electron chi connectivity index (χ2n) is 8.53. The average molecular weight is 390 g/mol. The minimum absolute atomic E-state index is 0.208. The van der Waals surface area contributed by atoms with E-state index >= 15 is 0 Å². The van der Waals surface area contributed by atoms with Crippen LogP contribution in [0.1, 0.15) is 50.7 Å². The van der Waals surface area contributed by atoms with E-state index < -0.39 is 0 Å². The number of nitrogens with one attached hydrogen (secondary N) is 1. The number of likely N-dealkylation sites (tertiary alicyclic amines) is 1. The molecule has 1 saturated heterocycles. The Kier molecular flexibility index (Phi) is 6.81. The summed E-state index contributed by atoms with van der Waals surface area (Å²) in [4.78, 5) is 2.41. The second-order valence-corrected chi connectivity index (χ2v) is 8.53. The van der Waals surface area contributed by atoms with Crippen LogP contribution in [0.5, 0.6) is 0 Å². The third kappa shape index (κ3) is 5.30. The van der Waals surface area contributed by atoms with E-state index in [0.717, 1.165) is 42.8 Å². The molecule has 3 rings (SSSR count). The summed E-state index contributed by atoms with van der Waals surface area (Å²) < 4.78 is 0. The summed E-state index contributed by atoms with van der Waals surface area (Å²) in [6, 6.07) is 6.31. The summed E-state index contributed by atoms with van der Waals surface area (Å²) in [6.07, 6.45) is 16.9. The van der Waals surface area contributed by atoms with E-state index in [1.165, 1.54) is 29.7 Å². The Balaban J connectivity index is 1.80. The number of anilines is 1. The molecule has 0 unspecified atom stereocenters. The lowest BCUT2D eigenvalue weighted by atomic mass is 9.87. The number of nitrogens with two attached hydrogens (primary N) is 1. The lowest BCUT2D eigenvalue weighted by Crippen LogP contribution is -2.50. The van der Waals surface area contributed by atoms with Crippen LogP contribution < -0.4 is 11.1 Å². The van der Waals surface area contributed by atoms with Crippen LogP contribution in [0, 0.1) is 0 Å². The summed E-state index contributed by atoms with van der Waals surface area (Å²) >= 11 is 0. The summed E-state index contributed by atoms with van der Waals surface area (Å²) in [5, 5.41) is 3.83. The van der Waals surface area contributed by atoms with E-state index in [0.29, 0.717) is 0 Å². The predicted octanol–water partition coefficient (Wildman–Crippen LogP) is 5.55. The number of nitrogens with zero attached hydrogens (tertiary/aromatic N) is 1. The van der Waals surface area contributed by atoms with Gasteiger partial charge in [-0.05, 0) is 81.5 Å². The van der Waals surface area contributed by atoms with Crippen molar-refractivity contribution < 1.29 is 0 Å². The average Bonchev–Trinajstić information content (AvgIpc) is 2.71. The van der Waals surface area contributed by atoms with E-state index in [1.54, 1.807) is 0 Å². The van der Waals surface area contributed by atoms with Crippen LogP contribution in [0.4, 0.5) is 5.69 Å². The van der Waals surface area contributed by atoms with Crippen LogP contribution in [0.2, 0.25) is 0 Å². The van der Waals surface area contributed by atoms with Crippen molar-refractivity contribution >= 4 is 16.8 Å². The Morgan fingerprint density at radius 1 is 1.21 bits per heavy atom. The molecular weight excluding hydrogens is 354 g/mol. The van der Waals surface area contributed by atoms with Gasteiger partial charge in [0.05, 0.1) is 0 Å². The first-order valence-corrected chi connectivity index (χ1v) is 10.7. The summed E-state index contributed by atoms with van der Waals surface area (Å²) in [7, 11) is 2.21. The summed E-state index contributed by atoms with van der Waals surface area (Å²) in [5.41, 5.74) is 13.5. The first-order chi connectivity index (χ1) is 13.9. The maximum Gasteiger partial charge on any atom is 0.0390 e. The first kappa shape index (κ1) is 21.2. The maximum absolute atomic E-state index is 6.35. The molecule has 1 fully saturated rings. The number of hydrogen-bond donors (Lipinski definition) is 2. The first-order valence-electron chi connectivity index (χ1n) is 10.7. The van der Waals surface area contributed by atoms with Crippen molar-refractivity contribution in [1.82, 2.24) is 10.2 Å². The molecule has 0 bridgehead atoms. The highest BCUT2D eigenvalue weighted by Crippen LogP contribution is 2.33. The van der Waals surface area contributed by atoms with Gasteiger partial charge in [0.15, 0.2) is 0 Å². The van der Waals surface area contributed by atoms with Crippen molar-refractivity contribution in [2.24, 2.45) is 0 Å². The molecule has 29 heavy (non-hydrogen) atoms. The highest BCUT2D eigenvalue weighted by molar-refractivity contribution is 5.83. The number of rotatable bonds is 6. The molecule has 3 heteroatoms. The van der Waals surface area contributed by atoms with Crippen molar-refractivity contribution in [1.29, 1.82) is 0 Å². The van der Waals surface area contributed by atoms with E-state index in [-0.39, 0.29) is 5.54 Å². The number of nitrogen functional groups attached to an aromatic ring is 1. The van der Waals surface area contributed by atoms with E-state index in [1.807, 2.05) is 25.1 Å². The van der Waals surface area contributed by atoms with E-state index in [9.17, 15) is 0 Å². The van der Waals surface area contributed by atoms with E-state index in [2.05, 4.69) is 67.2 Å². The van der Waals surface area contributed by atoms with Gasteiger partial charge in [-0.25, -0.2) is 0 Å². The number of benzene rings is 1. The predicted molar refractivity (Wildman–Crippen MR) is 127 cm³/mol. The minimum atomic E-state index is 0.208. The Labute approximate surface area is 176 Å². The van der Waals surface area contributed by atoms with Crippen molar-refractivity contribution in [2.45, 2.75) is 45.1 Å². The Hall–Kier alpha value is -2.52. The zero-order chi connectivity index (χ0) is 20.9. The van der Waals surface area contributed by atoms with Gasteiger partial charge in [-0.15, -0.1) is 0 Å². The molecule has 0 spiro atoms. The topological polar surface area (TPSA) is 41.3 Å². The SMILES string of the molecule is C=C/C=C(\C=C/C)c1ccc(N)c(C2=CC=C(NC3(C)CCN(C)CC3)CC2)c1. The van der Waals surface area contributed by atoms with Crippen LogP contribution >= 0.6 is 0 Å². The molecule has 3 nitrogen and oxygen atoms in total. The molecule has 0 saturated carbocycles. The lowest BCUT2D eigenvalue weighted by Gasteiger charge is -2.40. The summed E-state index contributed by atoms with van der Waals surface area (Å²) in [5.74, 6) is 0. The van der Waals surface area contributed by atoms with Gasteiger partial charge in [-0.1, -0.05) is 43.0 Å². The van der Waals surface area contributed by atoms with Gasteiger partial charge in [0.1, 0.15) is 0 Å². The van der Waals surface area contributed by atoms with Gasteiger partial charge in [0, 0.05) is 35.6 Å². The van der Waals surface area contributed by atoms with Gasteiger partial charge < -0.3 is 16.0 Å². The number of hydrogen-bond acceptors (Lipinski definition) is 3. The molecule has 1 aliphatic carbocycles. The Bertz CT molecular complexity index is 862. The molecule has 3 N–H and O–H groups in total. The lowest BCUT2D eigenvalue weighted by molar-refractivity contribution is 0.179. The van der Waals surface area contributed by atoms with Crippen LogP contribution in [-0.4, -0.2) is 30.6 Å². The molecule has 154 valence electrons. The molecule has 1 heterocycles.